The van der Waals surface area contributed by atoms with E-state index in [1.807, 2.05) is 19.1 Å². The van der Waals surface area contributed by atoms with Crippen molar-refractivity contribution in [2.24, 2.45) is 0 Å². The molecule has 0 aliphatic carbocycles. The number of hydrogen-bond donors (Lipinski definition) is 1. The first-order chi connectivity index (χ1) is 9.81. The van der Waals surface area contributed by atoms with Crippen LogP contribution < -0.4 is 5.32 Å². The van der Waals surface area contributed by atoms with Crippen LogP contribution in [0.5, 0.6) is 0 Å². The number of aryl methyl sites for hydroxylation is 1. The Morgan fingerprint density at radius 2 is 1.81 bits per heavy atom. The van der Waals surface area contributed by atoms with Gasteiger partial charge in [0.1, 0.15) is 10.8 Å². The minimum absolute atomic E-state index is 0.00791. The molecule has 0 fully saturated rings. The van der Waals surface area contributed by atoms with E-state index in [-0.39, 0.29) is 25.9 Å². The van der Waals surface area contributed by atoms with E-state index in [2.05, 4.69) is 26.2 Å². The predicted molar refractivity (Wildman–Crippen MR) is 91.1 cm³/mol. The number of halogens is 5. The Kier molecular flexibility index (Phi) is 5.38. The molecule has 1 aromatic heterocycles. The average molecular weight is 429 g/mol. The van der Waals surface area contributed by atoms with Crippen molar-refractivity contribution < 1.29 is 4.79 Å². The van der Waals surface area contributed by atoms with E-state index in [0.717, 1.165) is 10.0 Å². The van der Waals surface area contributed by atoms with Gasteiger partial charge in [-0.15, -0.1) is 0 Å². The number of anilines is 1. The molecule has 2 rings (SSSR count). The van der Waals surface area contributed by atoms with Crippen LogP contribution in [-0.4, -0.2) is 10.9 Å². The van der Waals surface area contributed by atoms with E-state index in [1.54, 1.807) is 6.07 Å². The second-order valence-corrected chi connectivity index (χ2v) is 6.48. The molecule has 1 aromatic carbocycles. The van der Waals surface area contributed by atoms with Crippen molar-refractivity contribution in [1.82, 2.24) is 4.98 Å². The van der Waals surface area contributed by atoms with Crippen molar-refractivity contribution in [1.29, 1.82) is 0 Å². The highest BCUT2D eigenvalue weighted by atomic mass is 79.9. The van der Waals surface area contributed by atoms with Gasteiger partial charge in [-0.05, 0) is 40.5 Å². The zero-order valence-corrected chi connectivity index (χ0v) is 15.1. The summed E-state index contributed by atoms with van der Waals surface area (Å²) < 4.78 is 0.734. The lowest BCUT2D eigenvalue weighted by Gasteiger charge is -2.10. The number of pyridine rings is 1. The first-order valence-electron chi connectivity index (χ1n) is 5.58. The van der Waals surface area contributed by atoms with Gasteiger partial charge in [0, 0.05) is 4.47 Å². The van der Waals surface area contributed by atoms with Crippen molar-refractivity contribution >= 4 is 73.9 Å². The number of carbonyl (C=O) groups is 1. The minimum Gasteiger partial charge on any atom is -0.320 e. The van der Waals surface area contributed by atoms with Gasteiger partial charge in [0.05, 0.1) is 20.8 Å². The molecular weight excluding hydrogens is 422 g/mol. The van der Waals surface area contributed by atoms with Gasteiger partial charge in [-0.3, -0.25) is 4.79 Å². The van der Waals surface area contributed by atoms with Gasteiger partial charge < -0.3 is 5.32 Å². The summed E-state index contributed by atoms with van der Waals surface area (Å²) in [4.78, 5) is 16.1. The molecule has 1 amide bonds. The van der Waals surface area contributed by atoms with Crippen LogP contribution in [-0.2, 0) is 0 Å². The summed E-state index contributed by atoms with van der Waals surface area (Å²) in [7, 11) is 0. The highest BCUT2D eigenvalue weighted by Gasteiger charge is 2.20. The highest BCUT2D eigenvalue weighted by molar-refractivity contribution is 9.10. The fraction of sp³-hybridized carbons (Fsp3) is 0.0769. The van der Waals surface area contributed by atoms with Crippen molar-refractivity contribution in [3.63, 3.8) is 0 Å². The molecule has 0 unspecified atom stereocenters. The largest absolute Gasteiger partial charge is 0.320 e. The van der Waals surface area contributed by atoms with E-state index in [4.69, 9.17) is 46.4 Å². The molecule has 3 nitrogen and oxygen atoms in total. The van der Waals surface area contributed by atoms with Gasteiger partial charge in [-0.1, -0.05) is 52.5 Å². The Labute approximate surface area is 149 Å². The highest BCUT2D eigenvalue weighted by Crippen LogP contribution is 2.36. The maximum absolute atomic E-state index is 12.2. The summed E-state index contributed by atoms with van der Waals surface area (Å²) >= 11 is 26.9. The van der Waals surface area contributed by atoms with Crippen LogP contribution >= 0.6 is 62.3 Å². The summed E-state index contributed by atoms with van der Waals surface area (Å²) in [5.74, 6) is -0.537. The first-order valence-corrected chi connectivity index (χ1v) is 7.89. The molecular formula is C13H7BrCl4N2O. The summed E-state index contributed by atoms with van der Waals surface area (Å²) in [6.07, 6.45) is 0. The first kappa shape index (κ1) is 16.8. The van der Waals surface area contributed by atoms with Crippen molar-refractivity contribution in [3.8, 4) is 0 Å². The van der Waals surface area contributed by atoms with Crippen LogP contribution in [0.25, 0.3) is 0 Å². The van der Waals surface area contributed by atoms with Crippen LogP contribution in [0.1, 0.15) is 16.1 Å². The number of benzene rings is 1. The molecule has 0 bridgehead atoms. The lowest BCUT2D eigenvalue weighted by Crippen LogP contribution is -2.15. The van der Waals surface area contributed by atoms with E-state index in [1.165, 1.54) is 0 Å². The van der Waals surface area contributed by atoms with Crippen LogP contribution in [0.15, 0.2) is 22.7 Å². The maximum atomic E-state index is 12.2. The predicted octanol–water partition coefficient (Wildman–Crippen LogP) is 6.02. The lowest BCUT2D eigenvalue weighted by molar-refractivity contribution is 0.102. The van der Waals surface area contributed by atoms with Crippen molar-refractivity contribution in [3.05, 3.63) is 54.2 Å². The molecule has 1 heterocycles. The van der Waals surface area contributed by atoms with E-state index in [0.29, 0.717) is 5.69 Å². The maximum Gasteiger partial charge on any atom is 0.275 e. The standard InChI is InChI=1S/C13H7BrCl4N2O/c1-5-2-3-7(6(14)4-5)19-13(21)11-9(16)8(15)10(17)12(18)20-11/h2-4H,1H3,(H,19,21). The topological polar surface area (TPSA) is 42.0 Å². The number of amides is 1. The zero-order chi connectivity index (χ0) is 15.7. The number of aromatic nitrogens is 1. The molecule has 0 aliphatic heterocycles. The minimum atomic E-state index is -0.537. The molecule has 8 heteroatoms. The Hall–Kier alpha value is -0.520. The molecule has 1 N–H and O–H groups in total. The number of nitrogens with one attached hydrogen (secondary N) is 1. The smallest absolute Gasteiger partial charge is 0.275 e. The second kappa shape index (κ2) is 6.71. The molecule has 0 radical (unpaired) electrons. The molecule has 2 aromatic rings. The Bertz CT molecular complexity index is 737. The van der Waals surface area contributed by atoms with Crippen molar-refractivity contribution in [2.45, 2.75) is 6.92 Å². The molecule has 0 atom stereocenters. The van der Waals surface area contributed by atoms with Gasteiger partial charge in [0.2, 0.25) is 0 Å². The fourth-order valence-corrected chi connectivity index (χ4v) is 2.95. The molecule has 0 saturated heterocycles. The third-order valence-electron chi connectivity index (χ3n) is 2.57. The van der Waals surface area contributed by atoms with Crippen LogP contribution in [0.3, 0.4) is 0 Å². The van der Waals surface area contributed by atoms with Gasteiger partial charge in [-0.25, -0.2) is 4.98 Å². The number of nitrogens with zero attached hydrogens (tertiary/aromatic N) is 1. The third kappa shape index (κ3) is 3.63. The molecule has 0 spiro atoms. The molecule has 0 aliphatic rings. The summed E-state index contributed by atoms with van der Waals surface area (Å²) in [5.41, 5.74) is 1.53. The summed E-state index contributed by atoms with van der Waals surface area (Å²) in [6, 6.07) is 5.48. The van der Waals surface area contributed by atoms with Crippen LogP contribution in [0.4, 0.5) is 5.69 Å². The SMILES string of the molecule is Cc1ccc(NC(=O)c2nc(Cl)c(Cl)c(Cl)c2Cl)c(Br)c1. The van der Waals surface area contributed by atoms with E-state index >= 15 is 0 Å². The van der Waals surface area contributed by atoms with Gasteiger partial charge in [-0.2, -0.15) is 0 Å². The summed E-state index contributed by atoms with van der Waals surface area (Å²) in [5, 5.41) is 2.54. The van der Waals surface area contributed by atoms with Gasteiger partial charge >= 0.3 is 0 Å². The summed E-state index contributed by atoms with van der Waals surface area (Å²) in [6.45, 7) is 1.94. The Morgan fingerprint density at radius 3 is 2.43 bits per heavy atom. The van der Waals surface area contributed by atoms with Gasteiger partial charge in [0.25, 0.3) is 5.91 Å². The third-order valence-corrected chi connectivity index (χ3v) is 4.91. The zero-order valence-electron chi connectivity index (χ0n) is 10.5. The quantitative estimate of drug-likeness (QED) is 0.594. The number of hydrogen-bond acceptors (Lipinski definition) is 2. The average Bonchev–Trinajstić information content (AvgIpc) is 2.43. The Balaban J connectivity index is 2.37. The molecule has 0 saturated carbocycles. The van der Waals surface area contributed by atoms with Crippen molar-refractivity contribution in [2.75, 3.05) is 5.32 Å². The normalized spacial score (nSPS) is 10.6. The monoisotopic (exact) mass is 426 g/mol. The lowest BCUT2D eigenvalue weighted by atomic mass is 10.2. The fourth-order valence-electron chi connectivity index (χ4n) is 1.54. The number of rotatable bonds is 2. The Morgan fingerprint density at radius 1 is 1.14 bits per heavy atom. The van der Waals surface area contributed by atoms with Crippen LogP contribution in [0.2, 0.25) is 20.2 Å². The molecule has 21 heavy (non-hydrogen) atoms. The van der Waals surface area contributed by atoms with E-state index in [9.17, 15) is 4.79 Å². The van der Waals surface area contributed by atoms with Crippen LogP contribution in [0, 0.1) is 6.92 Å². The van der Waals surface area contributed by atoms with E-state index < -0.39 is 5.91 Å². The van der Waals surface area contributed by atoms with Gasteiger partial charge in [0.15, 0.2) is 0 Å². The second-order valence-electron chi connectivity index (χ2n) is 4.13. The number of carbonyl (C=O) groups excluding carboxylic acids is 1. The molecule has 110 valence electrons.